The minimum atomic E-state index is -0.333. The quantitative estimate of drug-likeness (QED) is 0.709. The molecule has 0 fully saturated rings. The maximum absolute atomic E-state index is 13.1. The van der Waals surface area contributed by atoms with E-state index in [-0.39, 0.29) is 5.82 Å². The smallest absolute Gasteiger partial charge is 0.169 e. The number of furan rings is 1. The van der Waals surface area contributed by atoms with Gasteiger partial charge in [0.05, 0.1) is 12.9 Å². The number of methoxy groups -OCH3 is 1. The fourth-order valence-corrected chi connectivity index (χ4v) is 1.34. The third kappa shape index (κ3) is 1.31. The van der Waals surface area contributed by atoms with Crippen molar-refractivity contribution in [3.8, 4) is 0 Å². The second-order valence-corrected chi connectivity index (χ2v) is 2.81. The van der Waals surface area contributed by atoms with Gasteiger partial charge < -0.3 is 9.15 Å². The van der Waals surface area contributed by atoms with Gasteiger partial charge in [0, 0.05) is 18.1 Å². The molecule has 2 rings (SSSR count). The van der Waals surface area contributed by atoms with Crippen molar-refractivity contribution in [2.24, 2.45) is 0 Å². The first kappa shape index (κ1) is 8.26. The van der Waals surface area contributed by atoms with E-state index in [1.54, 1.807) is 13.2 Å². The molecule has 13 heavy (non-hydrogen) atoms. The standard InChI is InChI=1S/C10H9FO2/c1-12-5-7-6-13-10-8(7)3-2-4-9(10)11/h2-4,6H,5H2,1H3. The summed E-state index contributed by atoms with van der Waals surface area (Å²) in [4.78, 5) is 0. The molecule has 3 heteroatoms. The van der Waals surface area contributed by atoms with Gasteiger partial charge in [-0.15, -0.1) is 0 Å². The molecule has 2 nitrogen and oxygen atoms in total. The van der Waals surface area contributed by atoms with Crippen LogP contribution in [0, 0.1) is 5.82 Å². The van der Waals surface area contributed by atoms with Gasteiger partial charge in [-0.1, -0.05) is 12.1 Å². The van der Waals surface area contributed by atoms with E-state index in [0.717, 1.165) is 10.9 Å². The van der Waals surface area contributed by atoms with Crippen LogP contribution >= 0.6 is 0 Å². The molecule has 0 N–H and O–H groups in total. The molecule has 0 radical (unpaired) electrons. The lowest BCUT2D eigenvalue weighted by molar-refractivity contribution is 0.185. The molecule has 1 aromatic heterocycles. The van der Waals surface area contributed by atoms with Crippen LogP contribution in [-0.2, 0) is 11.3 Å². The molecule has 1 aromatic carbocycles. The highest BCUT2D eigenvalue weighted by molar-refractivity contribution is 5.81. The number of benzene rings is 1. The van der Waals surface area contributed by atoms with Crippen molar-refractivity contribution < 1.29 is 13.5 Å². The number of fused-ring (bicyclic) bond motifs is 1. The third-order valence-corrected chi connectivity index (χ3v) is 1.93. The van der Waals surface area contributed by atoms with E-state index in [0.29, 0.717) is 12.2 Å². The average Bonchev–Trinajstić information content (AvgIpc) is 2.51. The van der Waals surface area contributed by atoms with E-state index in [4.69, 9.17) is 9.15 Å². The lowest BCUT2D eigenvalue weighted by atomic mass is 10.2. The molecule has 0 amide bonds. The molecule has 0 aliphatic carbocycles. The molecule has 0 aliphatic rings. The molecule has 0 spiro atoms. The molecular formula is C10H9FO2. The van der Waals surface area contributed by atoms with Gasteiger partial charge in [-0.25, -0.2) is 4.39 Å². The lowest BCUT2D eigenvalue weighted by Gasteiger charge is -1.94. The predicted molar refractivity (Wildman–Crippen MR) is 46.9 cm³/mol. The van der Waals surface area contributed by atoms with Gasteiger partial charge in [-0.3, -0.25) is 0 Å². The van der Waals surface area contributed by atoms with Crippen LogP contribution in [0.15, 0.2) is 28.9 Å². The Bertz CT molecular complexity index is 420. The lowest BCUT2D eigenvalue weighted by Crippen LogP contribution is -1.84. The molecule has 0 bridgehead atoms. The number of para-hydroxylation sites is 1. The number of hydrogen-bond donors (Lipinski definition) is 0. The Morgan fingerprint density at radius 2 is 2.31 bits per heavy atom. The van der Waals surface area contributed by atoms with Crippen LogP contribution in [0.25, 0.3) is 11.0 Å². The monoisotopic (exact) mass is 180 g/mol. The summed E-state index contributed by atoms with van der Waals surface area (Å²) in [5.74, 6) is -0.333. The molecule has 0 saturated carbocycles. The zero-order valence-electron chi connectivity index (χ0n) is 7.21. The van der Waals surface area contributed by atoms with E-state index < -0.39 is 0 Å². The molecule has 0 unspecified atom stereocenters. The molecule has 68 valence electrons. The summed E-state index contributed by atoms with van der Waals surface area (Å²) in [5.41, 5.74) is 1.17. The van der Waals surface area contributed by atoms with Gasteiger partial charge >= 0.3 is 0 Å². The van der Waals surface area contributed by atoms with Crippen LogP contribution in [-0.4, -0.2) is 7.11 Å². The third-order valence-electron chi connectivity index (χ3n) is 1.93. The minimum Gasteiger partial charge on any atom is -0.461 e. The Morgan fingerprint density at radius 3 is 3.08 bits per heavy atom. The van der Waals surface area contributed by atoms with Gasteiger partial charge in [0.2, 0.25) is 0 Å². The summed E-state index contributed by atoms with van der Waals surface area (Å²) in [6.45, 7) is 0.441. The fraction of sp³-hybridized carbons (Fsp3) is 0.200. The highest BCUT2D eigenvalue weighted by atomic mass is 19.1. The first-order chi connectivity index (χ1) is 6.33. The van der Waals surface area contributed by atoms with E-state index in [9.17, 15) is 4.39 Å². The average molecular weight is 180 g/mol. The van der Waals surface area contributed by atoms with Crippen molar-refractivity contribution in [1.82, 2.24) is 0 Å². The fourth-order valence-electron chi connectivity index (χ4n) is 1.34. The second kappa shape index (κ2) is 3.18. The van der Waals surface area contributed by atoms with Crippen LogP contribution < -0.4 is 0 Å². The van der Waals surface area contributed by atoms with Gasteiger partial charge in [0.25, 0.3) is 0 Å². The number of rotatable bonds is 2. The van der Waals surface area contributed by atoms with Crippen LogP contribution in [0.3, 0.4) is 0 Å². The van der Waals surface area contributed by atoms with E-state index >= 15 is 0 Å². The Balaban J connectivity index is 2.61. The Kier molecular flexibility index (Phi) is 2.02. The van der Waals surface area contributed by atoms with Crippen molar-refractivity contribution >= 4 is 11.0 Å². The number of hydrogen-bond acceptors (Lipinski definition) is 2. The van der Waals surface area contributed by atoms with Crippen LogP contribution in [0.1, 0.15) is 5.56 Å². The molecular weight excluding hydrogens is 171 g/mol. The van der Waals surface area contributed by atoms with Crippen LogP contribution in [0.5, 0.6) is 0 Å². The number of ether oxygens (including phenoxy) is 1. The maximum Gasteiger partial charge on any atom is 0.169 e. The first-order valence-corrected chi connectivity index (χ1v) is 3.96. The summed E-state index contributed by atoms with van der Waals surface area (Å²) < 4.78 is 23.1. The SMILES string of the molecule is COCc1coc2c(F)cccc12. The largest absolute Gasteiger partial charge is 0.461 e. The summed E-state index contributed by atoms with van der Waals surface area (Å²) in [7, 11) is 1.60. The second-order valence-electron chi connectivity index (χ2n) is 2.81. The topological polar surface area (TPSA) is 22.4 Å². The van der Waals surface area contributed by atoms with Gasteiger partial charge in [-0.2, -0.15) is 0 Å². The summed E-state index contributed by atoms with van der Waals surface area (Å²) in [5, 5.41) is 0.779. The maximum atomic E-state index is 13.1. The molecule has 0 atom stereocenters. The van der Waals surface area contributed by atoms with Crippen molar-refractivity contribution in [2.45, 2.75) is 6.61 Å². The first-order valence-electron chi connectivity index (χ1n) is 3.96. The molecule has 1 heterocycles. The van der Waals surface area contributed by atoms with Gasteiger partial charge in [0.1, 0.15) is 0 Å². The van der Waals surface area contributed by atoms with Crippen molar-refractivity contribution in [3.63, 3.8) is 0 Å². The summed E-state index contributed by atoms with van der Waals surface area (Å²) in [6.07, 6.45) is 1.53. The summed E-state index contributed by atoms with van der Waals surface area (Å²) >= 11 is 0. The van der Waals surface area contributed by atoms with E-state index in [1.807, 2.05) is 6.07 Å². The normalized spacial score (nSPS) is 10.9. The van der Waals surface area contributed by atoms with Crippen LogP contribution in [0.2, 0.25) is 0 Å². The molecule has 0 aliphatic heterocycles. The zero-order chi connectivity index (χ0) is 9.26. The predicted octanol–water partition coefficient (Wildman–Crippen LogP) is 2.72. The van der Waals surface area contributed by atoms with Gasteiger partial charge in [-0.05, 0) is 6.07 Å². The van der Waals surface area contributed by atoms with Crippen molar-refractivity contribution in [3.05, 3.63) is 35.8 Å². The zero-order valence-corrected chi connectivity index (χ0v) is 7.21. The minimum absolute atomic E-state index is 0.301. The molecule has 2 aromatic rings. The highest BCUT2D eigenvalue weighted by Crippen LogP contribution is 2.23. The van der Waals surface area contributed by atoms with E-state index in [2.05, 4.69) is 0 Å². The molecule has 0 saturated heterocycles. The Morgan fingerprint density at radius 1 is 1.46 bits per heavy atom. The van der Waals surface area contributed by atoms with Crippen molar-refractivity contribution in [1.29, 1.82) is 0 Å². The number of halogens is 1. The van der Waals surface area contributed by atoms with Crippen molar-refractivity contribution in [2.75, 3.05) is 7.11 Å². The summed E-state index contributed by atoms with van der Waals surface area (Å²) in [6, 6.07) is 4.85. The van der Waals surface area contributed by atoms with E-state index in [1.165, 1.54) is 12.3 Å². The van der Waals surface area contributed by atoms with Crippen LogP contribution in [0.4, 0.5) is 4.39 Å². The van der Waals surface area contributed by atoms with Gasteiger partial charge in [0.15, 0.2) is 11.4 Å². The Labute approximate surface area is 74.9 Å². The Hall–Kier alpha value is -1.35. The highest BCUT2D eigenvalue weighted by Gasteiger charge is 2.08.